The van der Waals surface area contributed by atoms with Crippen LogP contribution in [-0.2, 0) is 14.3 Å². The van der Waals surface area contributed by atoms with Crippen LogP contribution in [0.3, 0.4) is 0 Å². The highest BCUT2D eigenvalue weighted by molar-refractivity contribution is 5.75. The summed E-state index contributed by atoms with van der Waals surface area (Å²) in [6, 6.07) is 0. The minimum absolute atomic E-state index is 0.0437. The van der Waals surface area contributed by atoms with Gasteiger partial charge in [0.25, 0.3) is 0 Å². The van der Waals surface area contributed by atoms with Gasteiger partial charge < -0.3 is 9.47 Å². The summed E-state index contributed by atoms with van der Waals surface area (Å²) in [5.41, 5.74) is 0.625. The quantitative estimate of drug-likeness (QED) is 0.315. The zero-order valence-corrected chi connectivity index (χ0v) is 24.6. The molecule has 0 aromatic rings. The summed E-state index contributed by atoms with van der Waals surface area (Å²) in [4.78, 5) is 11.8. The van der Waals surface area contributed by atoms with Crippen molar-refractivity contribution in [3.63, 3.8) is 0 Å². The van der Waals surface area contributed by atoms with E-state index in [-0.39, 0.29) is 27.6 Å². The fraction of sp³-hybridized carbons (Fsp3) is 0.969. The summed E-state index contributed by atoms with van der Waals surface area (Å²) in [6.07, 6.45) is 5.78. The third kappa shape index (κ3) is 3.33. The molecule has 10 atom stereocenters. The van der Waals surface area contributed by atoms with Gasteiger partial charge in [0, 0.05) is 5.41 Å². The van der Waals surface area contributed by atoms with Crippen molar-refractivity contribution in [3.05, 3.63) is 0 Å². The predicted octanol–water partition coefficient (Wildman–Crippen LogP) is 8.35. The lowest BCUT2D eigenvalue weighted by Gasteiger charge is -2.73. The topological polar surface area (TPSA) is 35.5 Å². The smallest absolute Gasteiger partial charge is 0.455 e. The lowest BCUT2D eigenvalue weighted by molar-refractivity contribution is -0.259. The van der Waals surface area contributed by atoms with Crippen molar-refractivity contribution >= 4 is 5.97 Å². The number of carbonyl (C=O) groups is 1. The monoisotopic (exact) mass is 538 g/mol. The molecule has 216 valence electrons. The van der Waals surface area contributed by atoms with E-state index in [9.17, 15) is 18.0 Å². The Morgan fingerprint density at radius 1 is 0.789 bits per heavy atom. The Hall–Kier alpha value is -0.780. The summed E-state index contributed by atoms with van der Waals surface area (Å²) in [5.74, 6) is 0.0918. The summed E-state index contributed by atoms with van der Waals surface area (Å²) in [6.45, 7) is 17.5. The first kappa shape index (κ1) is 27.4. The van der Waals surface area contributed by atoms with Crippen molar-refractivity contribution in [2.24, 2.45) is 56.2 Å². The van der Waals surface area contributed by atoms with E-state index in [1.807, 2.05) is 0 Å². The van der Waals surface area contributed by atoms with Gasteiger partial charge in [0.1, 0.15) is 6.10 Å². The standard InChI is InChI=1S/C32H49F3O3/c1-26(2)14-16-31-17-15-29(6)19(23(31)24(26)37-18-31)8-9-21-28(5)12-11-22(38-25(36)32(33,34)35)27(3,4)20(28)10-13-30(21,29)7/h19-24H,8-18H2,1-7H3/t19-,20+,21+,22-,23-,24+,28-,29+,30+,31+/m0/s1. The van der Waals surface area contributed by atoms with Gasteiger partial charge in [-0.05, 0) is 115 Å². The van der Waals surface area contributed by atoms with Gasteiger partial charge >= 0.3 is 12.1 Å². The van der Waals surface area contributed by atoms with Crippen LogP contribution < -0.4 is 0 Å². The van der Waals surface area contributed by atoms with Gasteiger partial charge in [-0.25, -0.2) is 4.79 Å². The lowest BCUT2D eigenvalue weighted by atomic mass is 9.31. The molecule has 5 saturated carbocycles. The maximum absolute atomic E-state index is 13.1. The first-order valence-corrected chi connectivity index (χ1v) is 15.3. The molecule has 5 aliphatic carbocycles. The first-order valence-electron chi connectivity index (χ1n) is 15.3. The Balaban J connectivity index is 1.31. The van der Waals surface area contributed by atoms with Crippen LogP contribution in [0.4, 0.5) is 13.2 Å². The van der Waals surface area contributed by atoms with Gasteiger partial charge in [-0.15, -0.1) is 0 Å². The van der Waals surface area contributed by atoms with Gasteiger partial charge in [-0.3, -0.25) is 0 Å². The zero-order valence-electron chi connectivity index (χ0n) is 24.6. The number of halogens is 3. The second kappa shape index (κ2) is 7.94. The van der Waals surface area contributed by atoms with E-state index in [0.717, 1.165) is 25.9 Å². The first-order chi connectivity index (χ1) is 17.4. The number of carbonyl (C=O) groups excluding carboxylic acids is 1. The molecule has 0 aromatic carbocycles. The number of alkyl halides is 3. The minimum atomic E-state index is -4.94. The van der Waals surface area contributed by atoms with E-state index in [4.69, 9.17) is 9.47 Å². The molecule has 0 amide bonds. The van der Waals surface area contributed by atoms with Crippen LogP contribution in [0, 0.1) is 56.2 Å². The van der Waals surface area contributed by atoms with E-state index < -0.39 is 23.7 Å². The summed E-state index contributed by atoms with van der Waals surface area (Å²) in [5, 5.41) is 0. The highest BCUT2D eigenvalue weighted by Gasteiger charge is 2.73. The fourth-order valence-electron chi connectivity index (χ4n) is 12.4. The molecule has 0 spiro atoms. The third-order valence-corrected chi connectivity index (χ3v) is 14.6. The molecular weight excluding hydrogens is 489 g/mol. The van der Waals surface area contributed by atoms with Crippen LogP contribution in [0.25, 0.3) is 0 Å². The second-order valence-corrected chi connectivity index (χ2v) is 16.5. The molecule has 6 fully saturated rings. The molecule has 0 aromatic heterocycles. The number of hydrogen-bond acceptors (Lipinski definition) is 3. The van der Waals surface area contributed by atoms with Crippen LogP contribution in [0.15, 0.2) is 0 Å². The van der Waals surface area contributed by atoms with Gasteiger partial charge in [0.05, 0.1) is 12.7 Å². The Labute approximate surface area is 227 Å². The van der Waals surface area contributed by atoms with Gasteiger partial charge in [-0.1, -0.05) is 48.5 Å². The molecule has 38 heavy (non-hydrogen) atoms. The molecule has 1 saturated heterocycles. The van der Waals surface area contributed by atoms with Crippen molar-refractivity contribution in [1.29, 1.82) is 0 Å². The number of fused-ring (bicyclic) bond motifs is 5. The summed E-state index contributed by atoms with van der Waals surface area (Å²) >= 11 is 0. The van der Waals surface area contributed by atoms with Crippen LogP contribution in [-0.4, -0.2) is 31.0 Å². The molecule has 6 aliphatic rings. The maximum Gasteiger partial charge on any atom is 0.490 e. The van der Waals surface area contributed by atoms with Crippen molar-refractivity contribution in [2.45, 2.75) is 131 Å². The van der Waals surface area contributed by atoms with Crippen molar-refractivity contribution in [3.8, 4) is 0 Å². The van der Waals surface area contributed by atoms with Crippen molar-refractivity contribution in [2.75, 3.05) is 6.61 Å². The number of esters is 1. The van der Waals surface area contributed by atoms with Gasteiger partial charge in [0.15, 0.2) is 0 Å². The third-order valence-electron chi connectivity index (χ3n) is 14.6. The normalized spacial score (nSPS) is 52.7. The van der Waals surface area contributed by atoms with Crippen LogP contribution in [0.1, 0.15) is 113 Å². The number of rotatable bonds is 1. The van der Waals surface area contributed by atoms with E-state index in [2.05, 4.69) is 48.5 Å². The van der Waals surface area contributed by atoms with E-state index in [0.29, 0.717) is 35.7 Å². The Morgan fingerprint density at radius 3 is 2.16 bits per heavy atom. The molecule has 6 heteroatoms. The highest BCUT2D eigenvalue weighted by Crippen LogP contribution is 2.78. The Morgan fingerprint density at radius 2 is 1.47 bits per heavy atom. The molecule has 1 aliphatic heterocycles. The molecule has 6 rings (SSSR count). The molecule has 0 radical (unpaired) electrons. The molecular formula is C32H49F3O3. The SMILES string of the molecule is CC1(C)CC[C@]23CC[C@]4(C)[C@@H](CC[C@@H]5[C@@]6(C)CC[C@H](OC(=O)C(F)(F)F)C(C)(C)[C@H]6CC[C@]54C)[C@H]2[C@H]1OC3. The molecule has 0 N–H and O–H groups in total. The molecule has 1 heterocycles. The number of hydrogen-bond donors (Lipinski definition) is 0. The summed E-state index contributed by atoms with van der Waals surface area (Å²) < 4.78 is 51.1. The fourth-order valence-corrected chi connectivity index (χ4v) is 12.4. The van der Waals surface area contributed by atoms with Crippen molar-refractivity contribution < 1.29 is 27.4 Å². The largest absolute Gasteiger partial charge is 0.490 e. The van der Waals surface area contributed by atoms with Gasteiger partial charge in [-0.2, -0.15) is 13.2 Å². The summed E-state index contributed by atoms with van der Waals surface area (Å²) in [7, 11) is 0. The van der Waals surface area contributed by atoms with Crippen LogP contribution in [0.5, 0.6) is 0 Å². The average molecular weight is 539 g/mol. The zero-order chi connectivity index (χ0) is 27.7. The predicted molar refractivity (Wildman–Crippen MR) is 140 cm³/mol. The Bertz CT molecular complexity index is 1000. The van der Waals surface area contributed by atoms with Crippen molar-refractivity contribution in [1.82, 2.24) is 0 Å². The molecule has 3 nitrogen and oxygen atoms in total. The van der Waals surface area contributed by atoms with Crippen LogP contribution >= 0.6 is 0 Å². The lowest BCUT2D eigenvalue weighted by Crippen LogP contribution is -2.68. The molecule has 0 unspecified atom stereocenters. The van der Waals surface area contributed by atoms with E-state index >= 15 is 0 Å². The van der Waals surface area contributed by atoms with Gasteiger partial charge in [0.2, 0.25) is 0 Å². The minimum Gasteiger partial charge on any atom is -0.455 e. The van der Waals surface area contributed by atoms with E-state index in [1.54, 1.807) is 0 Å². The Kier molecular flexibility index (Phi) is 5.72. The number of ether oxygens (including phenoxy) is 2. The highest BCUT2D eigenvalue weighted by atomic mass is 19.4. The second-order valence-electron chi connectivity index (χ2n) is 16.5. The van der Waals surface area contributed by atoms with E-state index in [1.165, 1.54) is 38.5 Å². The van der Waals surface area contributed by atoms with Crippen LogP contribution in [0.2, 0.25) is 0 Å². The molecule has 2 bridgehead atoms. The maximum atomic E-state index is 13.1. The average Bonchev–Trinajstić information content (AvgIpc) is 3.14.